The van der Waals surface area contributed by atoms with E-state index in [2.05, 4.69) is 143 Å². The van der Waals surface area contributed by atoms with E-state index in [-0.39, 0.29) is 0 Å². The molecule has 2 heteroatoms. The number of pyridine rings is 1. The van der Waals surface area contributed by atoms with Crippen LogP contribution in [0.1, 0.15) is 80.8 Å². The van der Waals surface area contributed by atoms with E-state index in [1.165, 1.54) is 50.1 Å². The van der Waals surface area contributed by atoms with E-state index < -0.39 is 0 Å². The van der Waals surface area contributed by atoms with E-state index in [4.69, 9.17) is 9.98 Å². The number of allylic oxidation sites excluding steroid dienone is 10. The van der Waals surface area contributed by atoms with Gasteiger partial charge in [-0.1, -0.05) is 124 Å². The van der Waals surface area contributed by atoms with Crippen LogP contribution < -0.4 is 0 Å². The van der Waals surface area contributed by atoms with Crippen molar-refractivity contribution in [3.8, 4) is 22.4 Å². The number of rotatable bonds is 6. The molecule has 0 spiro atoms. The van der Waals surface area contributed by atoms with Crippen molar-refractivity contribution >= 4 is 17.0 Å². The highest BCUT2D eigenvalue weighted by molar-refractivity contribution is 6.03. The fraction of sp³-hybridized carbons (Fsp3) is 0.217. The summed E-state index contributed by atoms with van der Waals surface area (Å²) < 4.78 is 0. The van der Waals surface area contributed by atoms with Gasteiger partial charge in [-0.2, -0.15) is 0 Å². The molecule has 7 rings (SSSR count). The number of nitrogens with zero attached hydrogens (tertiary/aromatic N) is 2. The molecule has 2 nitrogen and oxygen atoms in total. The number of hydrogen-bond acceptors (Lipinski definition) is 2. The molecule has 1 heterocycles. The molecule has 4 aromatic rings. The second-order valence-corrected chi connectivity index (χ2v) is 12.6. The molecule has 3 aliphatic rings. The van der Waals surface area contributed by atoms with Crippen LogP contribution in [0.4, 0.5) is 0 Å². The largest absolute Gasteiger partial charge is 0.252 e. The lowest BCUT2D eigenvalue weighted by atomic mass is 9.91. The first kappa shape index (κ1) is 32.8. The Labute approximate surface area is 287 Å². The molecule has 3 aliphatic carbocycles. The number of aliphatic imine (C=N–C) groups is 1. The van der Waals surface area contributed by atoms with Gasteiger partial charge in [0.05, 0.1) is 17.1 Å². The van der Waals surface area contributed by atoms with Crippen LogP contribution in [0.15, 0.2) is 149 Å². The maximum absolute atomic E-state index is 5.39. The third-order valence-corrected chi connectivity index (χ3v) is 9.58. The molecule has 0 amide bonds. The highest BCUT2D eigenvalue weighted by Crippen LogP contribution is 2.44. The lowest BCUT2D eigenvalue weighted by molar-refractivity contribution is 0.970. The van der Waals surface area contributed by atoms with Crippen molar-refractivity contribution in [2.75, 3.05) is 0 Å². The fourth-order valence-corrected chi connectivity index (χ4v) is 6.97. The summed E-state index contributed by atoms with van der Waals surface area (Å²) in [5.41, 5.74) is 18.8. The molecular weight excluding hydrogens is 581 g/mol. The van der Waals surface area contributed by atoms with Crippen molar-refractivity contribution in [2.24, 2.45) is 4.99 Å². The highest BCUT2D eigenvalue weighted by atomic mass is 14.8. The SMILES string of the molecule is C=C1C2=C(C=CCC2)C/C1=C(/N=C(C)c1cccc(-c2cc(C3=CC=CCC3)nc(-c3ccccc3C)c2C)c1)c1ccccc1.CC. The van der Waals surface area contributed by atoms with Gasteiger partial charge in [-0.05, 0) is 114 Å². The molecule has 0 saturated carbocycles. The van der Waals surface area contributed by atoms with Crippen LogP contribution in [0.25, 0.3) is 33.7 Å². The predicted molar refractivity (Wildman–Crippen MR) is 207 cm³/mol. The van der Waals surface area contributed by atoms with Gasteiger partial charge in [-0.3, -0.25) is 4.99 Å². The molecule has 0 atom stereocenters. The van der Waals surface area contributed by atoms with Gasteiger partial charge in [0.25, 0.3) is 0 Å². The third-order valence-electron chi connectivity index (χ3n) is 9.58. The summed E-state index contributed by atoms with van der Waals surface area (Å²) in [5, 5.41) is 0. The van der Waals surface area contributed by atoms with Gasteiger partial charge in [0.15, 0.2) is 0 Å². The molecule has 48 heavy (non-hydrogen) atoms. The van der Waals surface area contributed by atoms with Crippen molar-refractivity contribution in [2.45, 2.75) is 66.7 Å². The Morgan fingerprint density at radius 3 is 2.29 bits per heavy atom. The van der Waals surface area contributed by atoms with Crippen molar-refractivity contribution in [1.29, 1.82) is 0 Å². The maximum atomic E-state index is 5.39. The topological polar surface area (TPSA) is 25.2 Å². The molecule has 0 unspecified atom stereocenters. The van der Waals surface area contributed by atoms with E-state index >= 15 is 0 Å². The zero-order valence-corrected chi connectivity index (χ0v) is 29.1. The van der Waals surface area contributed by atoms with Crippen LogP contribution in [0.5, 0.6) is 0 Å². The second kappa shape index (κ2) is 14.8. The first-order valence-electron chi connectivity index (χ1n) is 17.4. The van der Waals surface area contributed by atoms with Crippen molar-refractivity contribution in [3.63, 3.8) is 0 Å². The zero-order valence-electron chi connectivity index (χ0n) is 29.1. The Morgan fingerprint density at radius 1 is 0.792 bits per heavy atom. The summed E-state index contributed by atoms with van der Waals surface area (Å²) in [7, 11) is 0. The van der Waals surface area contributed by atoms with Crippen LogP contribution in [0.3, 0.4) is 0 Å². The van der Waals surface area contributed by atoms with E-state index in [1.807, 2.05) is 13.8 Å². The van der Waals surface area contributed by atoms with E-state index in [9.17, 15) is 0 Å². The van der Waals surface area contributed by atoms with Gasteiger partial charge in [0.2, 0.25) is 0 Å². The lowest BCUT2D eigenvalue weighted by Crippen LogP contribution is -2.02. The summed E-state index contributed by atoms with van der Waals surface area (Å²) in [6.45, 7) is 15.1. The Morgan fingerprint density at radius 2 is 1.54 bits per heavy atom. The molecule has 240 valence electrons. The van der Waals surface area contributed by atoms with E-state index in [0.29, 0.717) is 0 Å². The molecule has 0 fully saturated rings. The molecule has 0 radical (unpaired) electrons. The maximum Gasteiger partial charge on any atom is 0.0747 e. The number of benzene rings is 3. The average molecular weight is 627 g/mol. The minimum absolute atomic E-state index is 0.886. The third kappa shape index (κ3) is 6.66. The van der Waals surface area contributed by atoms with Crippen LogP contribution in [0.2, 0.25) is 0 Å². The minimum Gasteiger partial charge on any atom is -0.252 e. The van der Waals surface area contributed by atoms with Gasteiger partial charge >= 0.3 is 0 Å². The van der Waals surface area contributed by atoms with Crippen molar-refractivity contribution in [3.05, 3.63) is 172 Å². The quantitative estimate of drug-likeness (QED) is 0.195. The summed E-state index contributed by atoms with van der Waals surface area (Å²) >= 11 is 0. The first-order valence-corrected chi connectivity index (χ1v) is 17.4. The number of aromatic nitrogens is 1. The predicted octanol–water partition coefficient (Wildman–Crippen LogP) is 12.6. The lowest BCUT2D eigenvalue weighted by Gasteiger charge is -2.18. The van der Waals surface area contributed by atoms with Gasteiger partial charge in [0.1, 0.15) is 0 Å². The number of aryl methyl sites for hydroxylation is 1. The first-order chi connectivity index (χ1) is 23.5. The molecular formula is C46H46N2. The molecule has 0 N–H and O–H groups in total. The molecule has 0 bridgehead atoms. The zero-order chi connectivity index (χ0) is 33.6. The summed E-state index contributed by atoms with van der Waals surface area (Å²) in [5.74, 6) is 0. The second-order valence-electron chi connectivity index (χ2n) is 12.6. The van der Waals surface area contributed by atoms with Gasteiger partial charge < -0.3 is 0 Å². The normalized spacial score (nSPS) is 16.7. The smallest absolute Gasteiger partial charge is 0.0747 e. The Kier molecular flexibility index (Phi) is 10.1. The summed E-state index contributed by atoms with van der Waals surface area (Å²) in [6, 6.07) is 30.3. The van der Waals surface area contributed by atoms with Crippen molar-refractivity contribution in [1.82, 2.24) is 4.98 Å². The van der Waals surface area contributed by atoms with Gasteiger partial charge in [-0.25, -0.2) is 4.98 Å². The average Bonchev–Trinajstić information content (AvgIpc) is 3.48. The minimum atomic E-state index is 0.886. The van der Waals surface area contributed by atoms with Crippen LogP contribution in [-0.4, -0.2) is 10.7 Å². The molecule has 3 aromatic carbocycles. The summed E-state index contributed by atoms with van der Waals surface area (Å²) in [6.07, 6.45) is 16.3. The monoisotopic (exact) mass is 626 g/mol. The standard InChI is InChI=1S/C44H40N2.C2H6/c1-29-16-11-13-24-38(29)43-31(3)40(28-42(46-43)33-17-7-5-8-18-33)36-23-15-22-35(26-36)32(4)45-44(34-19-9-6-10-20-34)41-27-37-21-12-14-25-39(37)30(41)2;1-2/h5-7,9-13,15-17,19-24,26,28H,2,8,14,18,25,27H2,1,3-4H3;1-2H3/b44-41-,45-32?;. The van der Waals surface area contributed by atoms with E-state index in [0.717, 1.165) is 71.6 Å². The van der Waals surface area contributed by atoms with Crippen LogP contribution >= 0.6 is 0 Å². The Hall–Kier alpha value is -5.08. The summed E-state index contributed by atoms with van der Waals surface area (Å²) in [4.78, 5) is 10.7. The number of hydrogen-bond donors (Lipinski definition) is 0. The Balaban J connectivity index is 0.00000197. The molecule has 1 aromatic heterocycles. The molecule has 0 saturated heterocycles. The van der Waals surface area contributed by atoms with Gasteiger partial charge in [-0.15, -0.1) is 0 Å². The van der Waals surface area contributed by atoms with Crippen LogP contribution in [0, 0.1) is 13.8 Å². The fourth-order valence-electron chi connectivity index (χ4n) is 6.97. The molecule has 0 aliphatic heterocycles. The van der Waals surface area contributed by atoms with Gasteiger partial charge in [0, 0.05) is 23.3 Å². The van der Waals surface area contributed by atoms with Crippen molar-refractivity contribution < 1.29 is 0 Å². The van der Waals surface area contributed by atoms with E-state index in [1.54, 1.807) is 0 Å². The Bertz CT molecular complexity index is 2040. The van der Waals surface area contributed by atoms with Crippen LogP contribution in [-0.2, 0) is 0 Å². The highest BCUT2D eigenvalue weighted by Gasteiger charge is 2.26.